The van der Waals surface area contributed by atoms with Crippen molar-refractivity contribution in [3.05, 3.63) is 94.5 Å². The summed E-state index contributed by atoms with van der Waals surface area (Å²) in [6.07, 6.45) is 0.223. The Balaban J connectivity index is 2.39. The Morgan fingerprint density at radius 2 is 0.915 bits per heavy atom. The maximum absolute atomic E-state index is 16.0. The molecule has 0 heterocycles. The van der Waals surface area contributed by atoms with Gasteiger partial charge in [-0.3, -0.25) is 0 Å². The molecule has 3 rings (SSSR count). The van der Waals surface area contributed by atoms with Gasteiger partial charge in [0, 0.05) is 16.5 Å². The molecule has 0 aliphatic rings. The van der Waals surface area contributed by atoms with Gasteiger partial charge in [-0.05, 0) is 61.8 Å². The molecule has 0 aliphatic heterocycles. The van der Waals surface area contributed by atoms with Crippen LogP contribution in [0.4, 0.5) is 0 Å². The second-order valence-corrected chi connectivity index (χ2v) is 21.0. The van der Waals surface area contributed by atoms with Crippen molar-refractivity contribution >= 4 is 7.60 Å². The highest BCUT2D eigenvalue weighted by Crippen LogP contribution is 2.61. The van der Waals surface area contributed by atoms with Gasteiger partial charge >= 0.3 is 7.60 Å². The number of benzene rings is 3. The Morgan fingerprint density at radius 3 is 1.21 bits per heavy atom. The summed E-state index contributed by atoms with van der Waals surface area (Å²) in [6.45, 7) is 37.7. The fraction of sp³-hybridized carbons (Fsp3) is 0.581. The lowest BCUT2D eigenvalue weighted by molar-refractivity contribution is 0.138. The van der Waals surface area contributed by atoms with Crippen LogP contribution in [-0.2, 0) is 31.6 Å². The van der Waals surface area contributed by atoms with Gasteiger partial charge in [0.05, 0.1) is 6.16 Å². The van der Waals surface area contributed by atoms with Crippen molar-refractivity contribution in [3.8, 4) is 11.5 Å². The fourth-order valence-corrected chi connectivity index (χ4v) is 9.61. The van der Waals surface area contributed by atoms with Crippen molar-refractivity contribution in [1.29, 1.82) is 0 Å². The van der Waals surface area contributed by atoms with Gasteiger partial charge in [-0.25, -0.2) is 4.57 Å². The Morgan fingerprint density at radius 1 is 0.532 bits per heavy atom. The van der Waals surface area contributed by atoms with E-state index >= 15 is 4.57 Å². The predicted molar refractivity (Wildman–Crippen MR) is 204 cm³/mol. The zero-order valence-corrected chi connectivity index (χ0v) is 33.7. The molecule has 3 nitrogen and oxygen atoms in total. The van der Waals surface area contributed by atoms with Gasteiger partial charge in [-0.15, -0.1) is 0 Å². The lowest BCUT2D eigenvalue weighted by Crippen LogP contribution is -2.48. The van der Waals surface area contributed by atoms with Crippen molar-refractivity contribution in [2.45, 2.75) is 145 Å². The van der Waals surface area contributed by atoms with E-state index in [1.54, 1.807) is 0 Å². The van der Waals surface area contributed by atoms with Gasteiger partial charge in [0.2, 0.25) is 0 Å². The van der Waals surface area contributed by atoms with Crippen LogP contribution in [0.15, 0.2) is 66.7 Å². The molecule has 3 aromatic rings. The summed E-state index contributed by atoms with van der Waals surface area (Å²) in [5.74, 6) is 1.38. The van der Waals surface area contributed by atoms with Crippen LogP contribution in [0.5, 0.6) is 11.5 Å². The highest BCUT2D eigenvalue weighted by atomic mass is 31.2. The second-order valence-electron chi connectivity index (χ2n) is 19.1. The SMILES string of the molecule is CC(C)C(CP(=O)(Oc1ccc(C(C)(C)C)cc1C(C)(C)C)Oc1ccc(C(C)(C)C)cc1C(C)(C)C)(c1ccccc1)C(C)(C)C. The van der Waals surface area contributed by atoms with E-state index in [0.717, 1.165) is 16.7 Å². The third kappa shape index (κ3) is 8.75. The Hall–Kier alpha value is -2.51. The van der Waals surface area contributed by atoms with Crippen LogP contribution < -0.4 is 9.05 Å². The molecule has 0 bridgehead atoms. The third-order valence-electron chi connectivity index (χ3n) is 9.84. The molecule has 0 radical (unpaired) electrons. The fourth-order valence-electron chi connectivity index (χ4n) is 6.89. The monoisotopic (exact) mass is 660 g/mol. The Bertz CT molecular complexity index is 1480. The predicted octanol–water partition coefficient (Wildman–Crippen LogP) is 13.2. The smallest absolute Gasteiger partial charge is 0.416 e. The molecule has 0 saturated carbocycles. The lowest BCUT2D eigenvalue weighted by atomic mass is 9.58. The van der Waals surface area contributed by atoms with Gasteiger partial charge in [0.15, 0.2) is 0 Å². The van der Waals surface area contributed by atoms with E-state index in [0.29, 0.717) is 11.5 Å². The molecule has 0 aromatic heterocycles. The minimum absolute atomic E-state index is 0.0402. The van der Waals surface area contributed by atoms with Crippen LogP contribution in [0, 0.1) is 11.3 Å². The van der Waals surface area contributed by atoms with Crippen LogP contribution in [0.1, 0.15) is 146 Å². The molecule has 0 saturated heterocycles. The van der Waals surface area contributed by atoms with Crippen LogP contribution >= 0.6 is 7.60 Å². The van der Waals surface area contributed by atoms with Crippen LogP contribution in [0.3, 0.4) is 0 Å². The van der Waals surface area contributed by atoms with Crippen LogP contribution in [0.25, 0.3) is 0 Å². The maximum atomic E-state index is 16.0. The van der Waals surface area contributed by atoms with Crippen molar-refractivity contribution in [3.63, 3.8) is 0 Å². The minimum atomic E-state index is -3.91. The first-order valence-electron chi connectivity index (χ1n) is 17.5. The molecule has 0 fully saturated rings. The van der Waals surface area contributed by atoms with Gasteiger partial charge in [-0.2, -0.15) is 0 Å². The highest BCUT2D eigenvalue weighted by molar-refractivity contribution is 7.54. The number of rotatable bonds is 8. The van der Waals surface area contributed by atoms with E-state index in [1.807, 2.05) is 18.2 Å². The number of hydrogen-bond donors (Lipinski definition) is 0. The minimum Gasteiger partial charge on any atom is -0.416 e. The highest BCUT2D eigenvalue weighted by Gasteiger charge is 2.53. The average molecular weight is 661 g/mol. The van der Waals surface area contributed by atoms with E-state index in [1.165, 1.54) is 11.1 Å². The summed E-state index contributed by atoms with van der Waals surface area (Å²) in [5, 5.41) is 0. The summed E-state index contributed by atoms with van der Waals surface area (Å²) in [5.41, 5.74) is 4.27. The average Bonchev–Trinajstić information content (AvgIpc) is 2.89. The van der Waals surface area contributed by atoms with Gasteiger partial charge in [-0.1, -0.05) is 172 Å². The summed E-state index contributed by atoms with van der Waals surface area (Å²) in [4.78, 5) is 0. The molecule has 0 aliphatic carbocycles. The van der Waals surface area contributed by atoms with E-state index in [4.69, 9.17) is 9.05 Å². The topological polar surface area (TPSA) is 35.5 Å². The van der Waals surface area contributed by atoms with E-state index in [9.17, 15) is 0 Å². The summed E-state index contributed by atoms with van der Waals surface area (Å²) >= 11 is 0. The van der Waals surface area contributed by atoms with Crippen molar-refractivity contribution in [2.24, 2.45) is 11.3 Å². The molecule has 0 amide bonds. The van der Waals surface area contributed by atoms with Gasteiger partial charge < -0.3 is 9.05 Å². The van der Waals surface area contributed by atoms with Crippen LogP contribution in [-0.4, -0.2) is 6.16 Å². The molecule has 260 valence electrons. The first kappa shape index (κ1) is 38.9. The van der Waals surface area contributed by atoms with E-state index in [-0.39, 0.29) is 39.2 Å². The molecule has 1 atom stereocenters. The van der Waals surface area contributed by atoms with Crippen molar-refractivity contribution in [1.82, 2.24) is 0 Å². The first-order chi connectivity index (χ1) is 21.1. The first-order valence-corrected chi connectivity index (χ1v) is 19.2. The standard InChI is InChI=1S/C43H65O3P/c1-30(2)43(42(15,16)17,31-21-19-18-20-22-31)29-47(44,45-36-25-23-32(38(3,4)5)27-34(36)40(9,10)11)46-37-26-24-33(39(6,7)8)28-35(37)41(12,13)14/h18-28,30H,29H2,1-17H3. The summed E-state index contributed by atoms with van der Waals surface area (Å²) in [7, 11) is -3.91. The molecular formula is C43H65O3P. The van der Waals surface area contributed by atoms with E-state index in [2.05, 4.69) is 166 Å². The van der Waals surface area contributed by atoms with Crippen LogP contribution in [0.2, 0.25) is 0 Å². The van der Waals surface area contributed by atoms with Crippen molar-refractivity contribution < 1.29 is 13.6 Å². The molecule has 0 N–H and O–H groups in total. The zero-order chi connectivity index (χ0) is 36.0. The maximum Gasteiger partial charge on any atom is 0.431 e. The number of hydrogen-bond acceptors (Lipinski definition) is 3. The molecule has 3 aromatic carbocycles. The molecule has 0 spiro atoms. The lowest BCUT2D eigenvalue weighted by Gasteiger charge is -2.49. The Labute approximate surface area is 288 Å². The zero-order valence-electron chi connectivity index (χ0n) is 32.8. The van der Waals surface area contributed by atoms with Gasteiger partial charge in [0.1, 0.15) is 11.5 Å². The largest absolute Gasteiger partial charge is 0.431 e. The molecule has 1 unspecified atom stereocenters. The second kappa shape index (κ2) is 13.1. The summed E-state index contributed by atoms with van der Waals surface area (Å²) in [6, 6.07) is 23.3. The molecule has 47 heavy (non-hydrogen) atoms. The van der Waals surface area contributed by atoms with Gasteiger partial charge in [0.25, 0.3) is 0 Å². The Kier molecular flexibility index (Phi) is 10.8. The van der Waals surface area contributed by atoms with E-state index < -0.39 is 13.0 Å². The van der Waals surface area contributed by atoms with Crippen molar-refractivity contribution in [2.75, 3.05) is 6.16 Å². The molecular weight excluding hydrogens is 595 g/mol. The molecule has 4 heteroatoms. The normalized spacial score (nSPS) is 15.0. The summed E-state index contributed by atoms with van der Waals surface area (Å²) < 4.78 is 29.9. The quantitative estimate of drug-likeness (QED) is 0.226. The third-order valence-corrected chi connectivity index (χ3v) is 11.7.